The maximum Gasteiger partial charge on any atom is 0.240 e. The molecule has 1 fully saturated rings. The second-order valence-electron chi connectivity index (χ2n) is 5.93. The van der Waals surface area contributed by atoms with Crippen LogP contribution in [0.1, 0.15) is 34.1 Å². The molecular formula is C13H23N3O. The molecule has 1 aliphatic heterocycles. The minimum absolute atomic E-state index is 0.0611. The van der Waals surface area contributed by atoms with Gasteiger partial charge in [-0.2, -0.15) is 5.26 Å². The lowest BCUT2D eigenvalue weighted by Crippen LogP contribution is -2.66. The number of piperazine rings is 1. The van der Waals surface area contributed by atoms with Crippen molar-refractivity contribution >= 4 is 5.91 Å². The topological polar surface area (TPSA) is 47.3 Å². The third kappa shape index (κ3) is 2.98. The van der Waals surface area contributed by atoms with Gasteiger partial charge >= 0.3 is 0 Å². The number of carbonyl (C=O) groups is 1. The van der Waals surface area contributed by atoms with Crippen LogP contribution < -0.4 is 0 Å². The predicted molar refractivity (Wildman–Crippen MR) is 67.3 cm³/mol. The summed E-state index contributed by atoms with van der Waals surface area (Å²) in [7, 11) is 1.82. The Balaban J connectivity index is 2.99. The summed E-state index contributed by atoms with van der Waals surface area (Å²) in [6.07, 6.45) is 0.277. The van der Waals surface area contributed by atoms with E-state index >= 15 is 0 Å². The van der Waals surface area contributed by atoms with Crippen molar-refractivity contribution in [2.45, 2.75) is 45.7 Å². The van der Waals surface area contributed by atoms with E-state index in [0.29, 0.717) is 5.92 Å². The third-order valence-electron chi connectivity index (χ3n) is 3.29. The van der Waals surface area contributed by atoms with Gasteiger partial charge in [-0.15, -0.1) is 0 Å². The lowest BCUT2D eigenvalue weighted by atomic mass is 9.92. The quantitative estimate of drug-likeness (QED) is 0.747. The molecule has 0 spiro atoms. The maximum absolute atomic E-state index is 12.1. The molecule has 96 valence electrons. The summed E-state index contributed by atoms with van der Waals surface area (Å²) in [5, 5.41) is 8.90. The SMILES string of the molecule is CC(C)CN1C(CC#N)C(=O)N(C)CC1(C)C. The molecule has 1 aliphatic rings. The lowest BCUT2D eigenvalue weighted by molar-refractivity contribution is -0.148. The Kier molecular flexibility index (Phi) is 4.16. The van der Waals surface area contributed by atoms with Crippen molar-refractivity contribution in [2.75, 3.05) is 20.1 Å². The molecule has 0 aromatic heterocycles. The Morgan fingerprint density at radius 2 is 2.12 bits per heavy atom. The first-order valence-electron chi connectivity index (χ1n) is 6.18. The summed E-state index contributed by atoms with van der Waals surface area (Å²) in [5.74, 6) is 0.568. The number of likely N-dealkylation sites (N-methyl/N-ethyl adjacent to an activating group) is 1. The maximum atomic E-state index is 12.1. The van der Waals surface area contributed by atoms with E-state index in [-0.39, 0.29) is 23.9 Å². The van der Waals surface area contributed by atoms with Crippen LogP contribution in [-0.2, 0) is 4.79 Å². The first kappa shape index (κ1) is 14.0. The number of rotatable bonds is 3. The number of nitriles is 1. The van der Waals surface area contributed by atoms with Gasteiger partial charge in [0.1, 0.15) is 6.04 Å². The van der Waals surface area contributed by atoms with Crippen LogP contribution in [0.2, 0.25) is 0 Å². The summed E-state index contributed by atoms with van der Waals surface area (Å²) in [4.78, 5) is 16.1. The van der Waals surface area contributed by atoms with Crippen LogP contribution in [0.5, 0.6) is 0 Å². The highest BCUT2D eigenvalue weighted by Crippen LogP contribution is 2.27. The second kappa shape index (κ2) is 5.05. The summed E-state index contributed by atoms with van der Waals surface area (Å²) in [6, 6.07) is 1.86. The molecule has 0 aromatic carbocycles. The molecule has 4 nitrogen and oxygen atoms in total. The summed E-state index contributed by atoms with van der Waals surface area (Å²) < 4.78 is 0. The Hall–Kier alpha value is -1.08. The molecule has 1 heterocycles. The van der Waals surface area contributed by atoms with E-state index in [0.717, 1.165) is 13.1 Å². The van der Waals surface area contributed by atoms with Gasteiger partial charge in [-0.25, -0.2) is 0 Å². The van der Waals surface area contributed by atoms with E-state index in [4.69, 9.17) is 5.26 Å². The Bertz CT molecular complexity index is 330. The van der Waals surface area contributed by atoms with E-state index in [9.17, 15) is 4.79 Å². The molecule has 0 radical (unpaired) electrons. The predicted octanol–water partition coefficient (Wildman–Crippen LogP) is 1.48. The standard InChI is InChI=1S/C13H23N3O/c1-10(2)8-16-11(6-7-14)12(17)15(5)9-13(16,3)4/h10-11H,6,8-9H2,1-5H3. The van der Waals surface area contributed by atoms with Gasteiger partial charge in [0.2, 0.25) is 5.91 Å². The highest BCUT2D eigenvalue weighted by molar-refractivity contribution is 5.83. The van der Waals surface area contributed by atoms with Crippen molar-refractivity contribution in [1.82, 2.24) is 9.80 Å². The fourth-order valence-corrected chi connectivity index (χ4v) is 2.61. The minimum atomic E-state index is -0.281. The van der Waals surface area contributed by atoms with Gasteiger partial charge in [-0.05, 0) is 19.8 Å². The molecular weight excluding hydrogens is 214 g/mol. The Labute approximate surface area is 104 Å². The molecule has 4 heteroatoms. The van der Waals surface area contributed by atoms with Crippen LogP contribution in [0, 0.1) is 17.2 Å². The van der Waals surface area contributed by atoms with Gasteiger partial charge in [-0.1, -0.05) is 13.8 Å². The molecule has 1 unspecified atom stereocenters. The van der Waals surface area contributed by atoms with Crippen LogP contribution in [0.4, 0.5) is 0 Å². The molecule has 1 amide bonds. The van der Waals surface area contributed by atoms with E-state index in [2.05, 4.69) is 38.7 Å². The minimum Gasteiger partial charge on any atom is -0.343 e. The molecule has 1 saturated heterocycles. The Morgan fingerprint density at radius 3 is 2.59 bits per heavy atom. The summed E-state index contributed by atoms with van der Waals surface area (Å²) >= 11 is 0. The number of nitrogens with zero attached hydrogens (tertiary/aromatic N) is 3. The van der Waals surface area contributed by atoms with Crippen LogP contribution in [0.15, 0.2) is 0 Å². The van der Waals surface area contributed by atoms with Gasteiger partial charge in [0, 0.05) is 25.7 Å². The van der Waals surface area contributed by atoms with Crippen molar-refractivity contribution in [2.24, 2.45) is 5.92 Å². The van der Waals surface area contributed by atoms with Crippen LogP contribution >= 0.6 is 0 Å². The van der Waals surface area contributed by atoms with Crippen molar-refractivity contribution < 1.29 is 4.79 Å². The van der Waals surface area contributed by atoms with Crippen molar-refractivity contribution in [3.8, 4) is 6.07 Å². The van der Waals surface area contributed by atoms with E-state index < -0.39 is 0 Å². The molecule has 0 saturated carbocycles. The van der Waals surface area contributed by atoms with E-state index in [1.807, 2.05) is 7.05 Å². The fourth-order valence-electron chi connectivity index (χ4n) is 2.61. The average molecular weight is 237 g/mol. The highest BCUT2D eigenvalue weighted by atomic mass is 16.2. The number of hydrogen-bond donors (Lipinski definition) is 0. The van der Waals surface area contributed by atoms with Gasteiger partial charge in [0.05, 0.1) is 12.5 Å². The molecule has 1 rings (SSSR count). The number of carbonyl (C=O) groups excluding carboxylic acids is 1. The molecule has 17 heavy (non-hydrogen) atoms. The van der Waals surface area contributed by atoms with E-state index in [1.54, 1.807) is 4.90 Å². The van der Waals surface area contributed by atoms with Crippen LogP contribution in [0.25, 0.3) is 0 Å². The largest absolute Gasteiger partial charge is 0.343 e. The van der Waals surface area contributed by atoms with Gasteiger partial charge in [-0.3, -0.25) is 9.69 Å². The Morgan fingerprint density at radius 1 is 1.53 bits per heavy atom. The highest BCUT2D eigenvalue weighted by Gasteiger charge is 2.43. The number of hydrogen-bond acceptors (Lipinski definition) is 3. The molecule has 0 aromatic rings. The normalized spacial score (nSPS) is 25.1. The smallest absolute Gasteiger partial charge is 0.240 e. The third-order valence-corrected chi connectivity index (χ3v) is 3.29. The van der Waals surface area contributed by atoms with Crippen LogP contribution in [-0.4, -0.2) is 47.4 Å². The molecule has 0 bridgehead atoms. The van der Waals surface area contributed by atoms with Crippen molar-refractivity contribution in [3.63, 3.8) is 0 Å². The van der Waals surface area contributed by atoms with Crippen molar-refractivity contribution in [3.05, 3.63) is 0 Å². The first-order chi connectivity index (χ1) is 7.79. The zero-order chi connectivity index (χ0) is 13.2. The lowest BCUT2D eigenvalue weighted by Gasteiger charge is -2.50. The second-order valence-corrected chi connectivity index (χ2v) is 5.93. The zero-order valence-electron chi connectivity index (χ0n) is 11.5. The monoisotopic (exact) mass is 237 g/mol. The number of amides is 1. The summed E-state index contributed by atoms with van der Waals surface area (Å²) in [5.41, 5.74) is -0.0611. The van der Waals surface area contributed by atoms with Gasteiger partial charge < -0.3 is 4.90 Å². The van der Waals surface area contributed by atoms with Crippen molar-refractivity contribution in [1.29, 1.82) is 5.26 Å². The fraction of sp³-hybridized carbons (Fsp3) is 0.846. The van der Waals surface area contributed by atoms with Gasteiger partial charge in [0.25, 0.3) is 0 Å². The first-order valence-corrected chi connectivity index (χ1v) is 6.18. The van der Waals surface area contributed by atoms with E-state index in [1.165, 1.54) is 0 Å². The summed E-state index contributed by atoms with van der Waals surface area (Å²) in [6.45, 7) is 10.1. The average Bonchev–Trinajstić information content (AvgIpc) is 2.19. The molecule has 0 aliphatic carbocycles. The van der Waals surface area contributed by atoms with Gasteiger partial charge in [0.15, 0.2) is 0 Å². The molecule has 1 atom stereocenters. The van der Waals surface area contributed by atoms with Crippen LogP contribution in [0.3, 0.4) is 0 Å². The zero-order valence-corrected chi connectivity index (χ0v) is 11.5. The molecule has 0 N–H and O–H groups in total.